The molecule has 35 heavy (non-hydrogen) atoms. The summed E-state index contributed by atoms with van der Waals surface area (Å²) in [6, 6.07) is 6.74. The van der Waals surface area contributed by atoms with Gasteiger partial charge in [0.05, 0.1) is 0 Å². The molecule has 3 aliphatic rings. The van der Waals surface area contributed by atoms with E-state index in [1.165, 1.54) is 18.4 Å². The fourth-order valence-electron chi connectivity index (χ4n) is 5.68. The van der Waals surface area contributed by atoms with Gasteiger partial charge in [-0.3, -0.25) is 14.3 Å². The minimum atomic E-state index is 0.0695. The van der Waals surface area contributed by atoms with Crippen molar-refractivity contribution >= 4 is 27.8 Å². The zero-order chi connectivity index (χ0) is 23.9. The Balaban J connectivity index is 1.42. The number of rotatable bonds is 6. The van der Waals surface area contributed by atoms with Crippen molar-refractivity contribution in [2.75, 3.05) is 45.1 Å². The van der Waals surface area contributed by atoms with Crippen LogP contribution in [-0.2, 0) is 6.54 Å². The first-order chi connectivity index (χ1) is 17.0. The van der Waals surface area contributed by atoms with Crippen molar-refractivity contribution < 1.29 is 0 Å². The molecule has 0 amide bonds. The van der Waals surface area contributed by atoms with Gasteiger partial charge < -0.3 is 16.0 Å². The number of hydrogen-bond acceptors (Lipinski definition) is 7. The maximum atomic E-state index is 14.0. The van der Waals surface area contributed by atoms with Crippen molar-refractivity contribution in [1.82, 2.24) is 24.3 Å². The van der Waals surface area contributed by atoms with Gasteiger partial charge in [0.15, 0.2) is 0 Å². The molecule has 3 N–H and O–H groups in total. The predicted octanol–water partition coefficient (Wildman–Crippen LogP) is 2.96. The van der Waals surface area contributed by atoms with Gasteiger partial charge in [0.2, 0.25) is 5.95 Å². The first-order valence-corrected chi connectivity index (χ1v) is 13.3. The summed E-state index contributed by atoms with van der Waals surface area (Å²) in [5.41, 5.74) is 8.22. The number of hydrogen-bond donors (Lipinski definition) is 2. The van der Waals surface area contributed by atoms with Crippen molar-refractivity contribution in [2.24, 2.45) is 11.7 Å². The molecule has 0 bridgehead atoms. The van der Waals surface area contributed by atoms with Crippen LogP contribution in [0.1, 0.15) is 50.1 Å². The number of pyridine rings is 1. The minimum absolute atomic E-state index is 0.0695. The van der Waals surface area contributed by atoms with E-state index in [1.807, 2.05) is 10.8 Å². The Labute approximate surface area is 206 Å². The molecular weight excluding hydrogens is 438 g/mol. The molecule has 2 aliphatic carbocycles. The Bertz CT molecular complexity index is 1270. The number of aromatic nitrogens is 3. The highest BCUT2D eigenvalue weighted by Crippen LogP contribution is 2.32. The lowest BCUT2D eigenvalue weighted by Crippen LogP contribution is -2.43. The lowest BCUT2D eigenvalue weighted by molar-refractivity contribution is 0.148. The maximum absolute atomic E-state index is 14.0. The van der Waals surface area contributed by atoms with Gasteiger partial charge in [-0.1, -0.05) is 12.1 Å². The van der Waals surface area contributed by atoms with E-state index in [2.05, 4.69) is 45.3 Å². The zero-order valence-electron chi connectivity index (χ0n) is 20.7. The summed E-state index contributed by atoms with van der Waals surface area (Å²) in [5, 5.41) is 6.08. The Hall–Kier alpha value is -2.55. The molecule has 1 aromatic carbocycles. The highest BCUT2D eigenvalue weighted by Gasteiger charge is 2.26. The molecule has 3 aromatic rings. The van der Waals surface area contributed by atoms with Crippen molar-refractivity contribution in [3.8, 4) is 0 Å². The normalized spacial score (nSPS) is 24.3. The van der Waals surface area contributed by atoms with E-state index < -0.39 is 0 Å². The van der Waals surface area contributed by atoms with Crippen LogP contribution >= 0.6 is 0 Å². The number of benzene rings is 1. The van der Waals surface area contributed by atoms with Gasteiger partial charge in [0, 0.05) is 68.3 Å². The number of nitrogens with zero attached hydrogens (tertiary/aromatic N) is 5. The van der Waals surface area contributed by atoms with Crippen LogP contribution in [-0.4, -0.2) is 70.1 Å². The summed E-state index contributed by atoms with van der Waals surface area (Å²) < 4.78 is 1.97. The summed E-state index contributed by atoms with van der Waals surface area (Å²) in [6.45, 7) is 6.07. The third-order valence-corrected chi connectivity index (χ3v) is 8.17. The van der Waals surface area contributed by atoms with Gasteiger partial charge in [-0.2, -0.15) is 4.98 Å². The van der Waals surface area contributed by atoms with E-state index in [0.29, 0.717) is 5.95 Å². The summed E-state index contributed by atoms with van der Waals surface area (Å²) in [6.07, 6.45) is 8.17. The van der Waals surface area contributed by atoms with E-state index in [-0.39, 0.29) is 17.6 Å². The lowest BCUT2D eigenvalue weighted by Gasteiger charge is -2.32. The fraction of sp³-hybridized carbons (Fsp3) is 0.593. The molecule has 3 fully saturated rings. The first kappa shape index (κ1) is 22.9. The van der Waals surface area contributed by atoms with E-state index in [1.54, 1.807) is 0 Å². The highest BCUT2D eigenvalue weighted by atomic mass is 16.1. The van der Waals surface area contributed by atoms with Crippen LogP contribution in [0.5, 0.6) is 0 Å². The van der Waals surface area contributed by atoms with Crippen molar-refractivity contribution in [1.29, 1.82) is 0 Å². The van der Waals surface area contributed by atoms with Crippen LogP contribution in [0.2, 0.25) is 0 Å². The summed E-state index contributed by atoms with van der Waals surface area (Å²) in [4.78, 5) is 28.4. The average molecular weight is 476 g/mol. The molecule has 0 unspecified atom stereocenters. The van der Waals surface area contributed by atoms with Gasteiger partial charge in [-0.15, -0.1) is 0 Å². The van der Waals surface area contributed by atoms with E-state index in [0.717, 1.165) is 92.7 Å². The molecule has 1 aliphatic heterocycles. The van der Waals surface area contributed by atoms with Crippen molar-refractivity contribution in [2.45, 2.75) is 57.2 Å². The highest BCUT2D eigenvalue weighted by molar-refractivity contribution is 6.04. The first-order valence-electron chi connectivity index (χ1n) is 13.3. The molecule has 2 aromatic heterocycles. The van der Waals surface area contributed by atoms with Crippen LogP contribution in [0, 0.1) is 5.92 Å². The molecule has 8 nitrogen and oxygen atoms in total. The fourth-order valence-corrected chi connectivity index (χ4v) is 5.68. The molecule has 0 radical (unpaired) electrons. The number of nitrogens with two attached hydrogens (primary N) is 1. The van der Waals surface area contributed by atoms with Gasteiger partial charge in [0.1, 0.15) is 5.65 Å². The van der Waals surface area contributed by atoms with E-state index >= 15 is 0 Å². The number of piperazine rings is 1. The SMILES string of the molecule is CN1CCN(Cc2ccc3c(c2)c(=O)n(C2CCC(N)CC2)c2nc(NCC4CC4)ncc32)CC1. The number of nitrogens with one attached hydrogen (secondary N) is 1. The molecule has 0 spiro atoms. The molecule has 2 saturated carbocycles. The maximum Gasteiger partial charge on any atom is 0.260 e. The van der Waals surface area contributed by atoms with E-state index in [4.69, 9.17) is 10.7 Å². The smallest absolute Gasteiger partial charge is 0.260 e. The monoisotopic (exact) mass is 475 g/mol. The van der Waals surface area contributed by atoms with E-state index in [9.17, 15) is 4.79 Å². The summed E-state index contributed by atoms with van der Waals surface area (Å²) >= 11 is 0. The lowest BCUT2D eigenvalue weighted by atomic mass is 9.91. The van der Waals surface area contributed by atoms with Crippen molar-refractivity contribution in [3.05, 3.63) is 40.3 Å². The molecule has 1 saturated heterocycles. The summed E-state index contributed by atoms with van der Waals surface area (Å²) in [5.74, 6) is 1.35. The molecule has 6 rings (SSSR count). The molecule has 186 valence electrons. The molecule has 8 heteroatoms. The standard InChI is InChI=1S/C27H37N7O/c1-32-10-12-33(13-11-32)17-19-4-9-22-23(14-19)26(35)34(21-7-5-20(28)6-8-21)25-24(22)16-30-27(31-25)29-15-18-2-3-18/h4,9,14,16,18,20-21H,2-3,5-8,10-13,15,17,28H2,1H3,(H,29,30,31). The van der Waals surface area contributed by atoms with Gasteiger partial charge >= 0.3 is 0 Å². The largest absolute Gasteiger partial charge is 0.354 e. The Morgan fingerprint density at radius 1 is 1.00 bits per heavy atom. The van der Waals surface area contributed by atoms with Crippen LogP contribution in [0.25, 0.3) is 21.8 Å². The Morgan fingerprint density at radius 3 is 2.51 bits per heavy atom. The van der Waals surface area contributed by atoms with Crippen LogP contribution in [0.4, 0.5) is 5.95 Å². The van der Waals surface area contributed by atoms with Crippen LogP contribution in [0.15, 0.2) is 29.2 Å². The average Bonchev–Trinajstić information content (AvgIpc) is 3.70. The number of likely N-dealkylation sites (N-methyl/N-ethyl adjacent to an activating group) is 1. The molecule has 0 atom stereocenters. The van der Waals surface area contributed by atoms with Crippen LogP contribution < -0.4 is 16.6 Å². The van der Waals surface area contributed by atoms with Crippen molar-refractivity contribution in [3.63, 3.8) is 0 Å². The van der Waals surface area contributed by atoms with Gasteiger partial charge in [-0.25, -0.2) is 4.98 Å². The second-order valence-corrected chi connectivity index (χ2v) is 11.0. The predicted molar refractivity (Wildman–Crippen MR) is 141 cm³/mol. The minimum Gasteiger partial charge on any atom is -0.354 e. The second-order valence-electron chi connectivity index (χ2n) is 11.0. The van der Waals surface area contributed by atoms with Gasteiger partial charge in [-0.05, 0) is 68.5 Å². The topological polar surface area (TPSA) is 92.3 Å². The molecule has 3 heterocycles. The zero-order valence-corrected chi connectivity index (χ0v) is 20.7. The third kappa shape index (κ3) is 4.79. The quantitative estimate of drug-likeness (QED) is 0.530. The number of fused-ring (bicyclic) bond motifs is 3. The Kier molecular flexibility index (Phi) is 6.20. The molecular formula is C27H37N7O. The third-order valence-electron chi connectivity index (χ3n) is 8.17. The number of anilines is 1. The summed E-state index contributed by atoms with van der Waals surface area (Å²) in [7, 11) is 2.17. The van der Waals surface area contributed by atoms with Gasteiger partial charge in [0.25, 0.3) is 5.56 Å². The Morgan fingerprint density at radius 2 is 1.77 bits per heavy atom. The second kappa shape index (κ2) is 9.48. The van der Waals surface area contributed by atoms with Crippen LogP contribution in [0.3, 0.4) is 0 Å².